The third kappa shape index (κ3) is 4.46. The van der Waals surface area contributed by atoms with Gasteiger partial charge in [-0.15, -0.1) is 0 Å². The summed E-state index contributed by atoms with van der Waals surface area (Å²) in [5.74, 6) is 1.26. The summed E-state index contributed by atoms with van der Waals surface area (Å²) in [6.07, 6.45) is 3.62. The number of carbonyl (C=O) groups is 1. The van der Waals surface area contributed by atoms with E-state index >= 15 is 0 Å². The van der Waals surface area contributed by atoms with Crippen molar-refractivity contribution in [3.05, 3.63) is 59.2 Å². The molecule has 2 heterocycles. The van der Waals surface area contributed by atoms with E-state index in [-0.39, 0.29) is 23.9 Å². The second-order valence-corrected chi connectivity index (χ2v) is 9.71. The Hall–Kier alpha value is -2.77. The minimum atomic E-state index is -0.257. The van der Waals surface area contributed by atoms with Crippen LogP contribution in [0.25, 0.3) is 11.0 Å². The zero-order valence-electron chi connectivity index (χ0n) is 20.2. The smallest absolute Gasteiger partial charge is 0.224 e. The molecule has 1 aliphatic heterocycles. The van der Waals surface area contributed by atoms with Gasteiger partial charge in [0.2, 0.25) is 5.91 Å². The molecule has 1 saturated heterocycles. The van der Waals surface area contributed by atoms with E-state index in [1.807, 2.05) is 26.0 Å². The summed E-state index contributed by atoms with van der Waals surface area (Å²) < 4.78 is 21.9. The number of anilines is 1. The molecule has 1 N–H and O–H groups in total. The first-order chi connectivity index (χ1) is 16.4. The number of ether oxygens (including phenoxy) is 1. The molecule has 1 amide bonds. The summed E-state index contributed by atoms with van der Waals surface area (Å²) in [4.78, 5) is 18.9. The topological polar surface area (TPSA) is 59.4 Å². The summed E-state index contributed by atoms with van der Waals surface area (Å²) >= 11 is 0. The molecule has 0 saturated carbocycles. The first-order valence-electron chi connectivity index (χ1n) is 12.3. The molecule has 0 spiro atoms. The molecule has 2 aliphatic rings. The number of imidazole rings is 1. The Labute approximate surface area is 200 Å². The van der Waals surface area contributed by atoms with Crippen LogP contribution in [0.15, 0.2) is 36.4 Å². The average Bonchev–Trinajstić information content (AvgIpc) is 3.37. The number of amides is 1. The molecule has 7 heteroatoms. The number of carbonyl (C=O) groups excluding carboxylic acids is 1. The van der Waals surface area contributed by atoms with Gasteiger partial charge in [0.15, 0.2) is 0 Å². The number of aryl methyl sites for hydroxylation is 1. The average molecular weight is 465 g/mol. The molecule has 180 valence electrons. The second kappa shape index (κ2) is 9.47. The molecule has 5 rings (SSSR count). The predicted octanol–water partition coefficient (Wildman–Crippen LogP) is 4.51. The van der Waals surface area contributed by atoms with E-state index in [1.54, 1.807) is 7.11 Å². The number of methoxy groups -OCH3 is 1. The summed E-state index contributed by atoms with van der Waals surface area (Å²) in [7, 11) is 1.78. The highest BCUT2D eigenvalue weighted by Gasteiger charge is 2.34. The molecule has 2 aromatic carbocycles. The molecule has 1 aromatic heterocycles. The lowest BCUT2D eigenvalue weighted by molar-refractivity contribution is -0.115. The minimum absolute atomic E-state index is 0.0500. The van der Waals surface area contributed by atoms with Gasteiger partial charge in [-0.3, -0.25) is 4.79 Å². The van der Waals surface area contributed by atoms with E-state index in [4.69, 9.17) is 4.74 Å². The molecule has 0 radical (unpaired) electrons. The maximum Gasteiger partial charge on any atom is 0.224 e. The van der Waals surface area contributed by atoms with E-state index < -0.39 is 0 Å². The highest BCUT2D eigenvalue weighted by Crippen LogP contribution is 2.33. The Balaban J connectivity index is 1.25. The molecular weight excluding hydrogens is 431 g/mol. The van der Waals surface area contributed by atoms with Crippen LogP contribution in [0, 0.1) is 18.7 Å². The van der Waals surface area contributed by atoms with Crippen LogP contribution in [-0.2, 0) is 22.4 Å². The van der Waals surface area contributed by atoms with Crippen LogP contribution in [0.1, 0.15) is 42.8 Å². The maximum absolute atomic E-state index is 13.7. The van der Waals surface area contributed by atoms with Gasteiger partial charge in [0, 0.05) is 44.9 Å². The van der Waals surface area contributed by atoms with Crippen LogP contribution in [-0.4, -0.2) is 53.2 Å². The molecule has 0 unspecified atom stereocenters. The minimum Gasteiger partial charge on any atom is -0.378 e. The molecule has 6 nitrogen and oxygen atoms in total. The normalized spacial score (nSPS) is 22.8. The quantitative estimate of drug-likeness (QED) is 0.583. The van der Waals surface area contributed by atoms with Crippen LogP contribution in [0.4, 0.5) is 10.1 Å². The summed E-state index contributed by atoms with van der Waals surface area (Å²) in [6.45, 7) is 6.75. The van der Waals surface area contributed by atoms with E-state index in [9.17, 15) is 9.18 Å². The molecule has 0 bridgehead atoms. The Kier molecular flexibility index (Phi) is 6.40. The van der Waals surface area contributed by atoms with Gasteiger partial charge in [0.05, 0.1) is 23.2 Å². The van der Waals surface area contributed by atoms with Crippen molar-refractivity contribution in [2.45, 2.75) is 51.7 Å². The zero-order chi connectivity index (χ0) is 23.8. The number of benzene rings is 2. The van der Waals surface area contributed by atoms with E-state index in [0.717, 1.165) is 55.9 Å². The molecule has 34 heavy (non-hydrogen) atoms. The number of aromatic nitrogens is 2. The van der Waals surface area contributed by atoms with Gasteiger partial charge in [0.25, 0.3) is 0 Å². The largest absolute Gasteiger partial charge is 0.378 e. The van der Waals surface area contributed by atoms with E-state index in [0.29, 0.717) is 17.9 Å². The molecule has 1 aliphatic carbocycles. The van der Waals surface area contributed by atoms with Gasteiger partial charge < -0.3 is 19.5 Å². The molecular formula is C27H33FN4O2. The third-order valence-electron chi connectivity index (χ3n) is 7.42. The number of rotatable bonds is 6. The highest BCUT2D eigenvalue weighted by molar-refractivity contribution is 5.90. The number of piperidine rings is 1. The van der Waals surface area contributed by atoms with Crippen LogP contribution in [0.5, 0.6) is 0 Å². The number of hydrogen-bond donors (Lipinski definition) is 1. The second-order valence-electron chi connectivity index (χ2n) is 9.71. The van der Waals surface area contributed by atoms with Crippen molar-refractivity contribution < 1.29 is 13.9 Å². The fraction of sp³-hybridized carbons (Fsp3) is 0.481. The lowest BCUT2D eigenvalue weighted by atomic mass is 9.98. The lowest BCUT2D eigenvalue weighted by Gasteiger charge is -2.40. The molecule has 1 fully saturated rings. The van der Waals surface area contributed by atoms with Gasteiger partial charge in [-0.1, -0.05) is 13.0 Å². The zero-order valence-corrected chi connectivity index (χ0v) is 20.2. The van der Waals surface area contributed by atoms with Crippen molar-refractivity contribution in [1.29, 1.82) is 0 Å². The standard InChI is InChI=1S/C27H33FN4O2/c1-4-27(33)30-22-7-5-19-11-18(12-20(19)13-22)15-31-10-9-25(26(16-31)34-3)32-17(2)29-23-14-21(28)6-8-24(23)32/h5-8,13-14,18,25-26H,4,9-12,15-16H2,1-3H3,(H,30,33)/t18-,25-,26-/m1/s1. The van der Waals surface area contributed by atoms with E-state index in [2.05, 4.69) is 31.9 Å². The summed E-state index contributed by atoms with van der Waals surface area (Å²) in [6, 6.07) is 11.4. The summed E-state index contributed by atoms with van der Waals surface area (Å²) in [5.41, 5.74) is 5.31. The van der Waals surface area contributed by atoms with Crippen molar-refractivity contribution in [1.82, 2.24) is 14.5 Å². The number of likely N-dealkylation sites (tertiary alicyclic amines) is 1. The number of nitrogens with zero attached hydrogens (tertiary/aromatic N) is 3. The molecule has 3 aromatic rings. The predicted molar refractivity (Wildman–Crippen MR) is 132 cm³/mol. The fourth-order valence-corrected chi connectivity index (χ4v) is 5.80. The first-order valence-corrected chi connectivity index (χ1v) is 12.3. The lowest BCUT2D eigenvalue weighted by Crippen LogP contribution is -2.47. The van der Waals surface area contributed by atoms with Crippen molar-refractivity contribution >= 4 is 22.6 Å². The molecule has 3 atom stereocenters. The van der Waals surface area contributed by atoms with Gasteiger partial charge in [-0.25, -0.2) is 9.37 Å². The van der Waals surface area contributed by atoms with Gasteiger partial charge in [-0.05, 0) is 67.5 Å². The van der Waals surface area contributed by atoms with Crippen LogP contribution in [0.2, 0.25) is 0 Å². The Morgan fingerprint density at radius 2 is 2.03 bits per heavy atom. The number of halogens is 1. The Bertz CT molecular complexity index is 1210. The van der Waals surface area contributed by atoms with Crippen LogP contribution < -0.4 is 5.32 Å². The monoisotopic (exact) mass is 464 g/mol. The van der Waals surface area contributed by atoms with Crippen LogP contribution >= 0.6 is 0 Å². The van der Waals surface area contributed by atoms with Crippen molar-refractivity contribution in [2.75, 3.05) is 32.1 Å². The van der Waals surface area contributed by atoms with Gasteiger partial charge in [-0.2, -0.15) is 0 Å². The van der Waals surface area contributed by atoms with Crippen molar-refractivity contribution in [2.24, 2.45) is 5.92 Å². The number of nitrogens with one attached hydrogen (secondary N) is 1. The first kappa shape index (κ1) is 23.0. The third-order valence-corrected chi connectivity index (χ3v) is 7.42. The van der Waals surface area contributed by atoms with E-state index in [1.165, 1.54) is 23.3 Å². The fourth-order valence-electron chi connectivity index (χ4n) is 5.80. The Morgan fingerprint density at radius 3 is 2.82 bits per heavy atom. The SMILES string of the molecule is CCC(=O)Nc1ccc2c(c1)C[C@H](CN1CC[C@@H](n3c(C)nc4cc(F)ccc43)[C@H](OC)C1)C2. The highest BCUT2D eigenvalue weighted by atomic mass is 19.1. The van der Waals surface area contributed by atoms with Gasteiger partial charge >= 0.3 is 0 Å². The Morgan fingerprint density at radius 1 is 1.21 bits per heavy atom. The number of hydrogen-bond acceptors (Lipinski definition) is 4. The van der Waals surface area contributed by atoms with Gasteiger partial charge in [0.1, 0.15) is 11.6 Å². The summed E-state index contributed by atoms with van der Waals surface area (Å²) in [5, 5.41) is 2.98. The number of fused-ring (bicyclic) bond motifs is 2. The van der Waals surface area contributed by atoms with Crippen molar-refractivity contribution in [3.8, 4) is 0 Å². The van der Waals surface area contributed by atoms with Crippen molar-refractivity contribution in [3.63, 3.8) is 0 Å². The maximum atomic E-state index is 13.7. The van der Waals surface area contributed by atoms with Crippen LogP contribution in [0.3, 0.4) is 0 Å².